The number of nitrogens with one attached hydrogen (secondary N) is 3. The lowest BCUT2D eigenvalue weighted by molar-refractivity contribution is -0.116. The molecule has 28 heavy (non-hydrogen) atoms. The summed E-state index contributed by atoms with van der Waals surface area (Å²) in [5, 5.41) is 7.93. The number of urea groups is 1. The first kappa shape index (κ1) is 28.0. The van der Waals surface area contributed by atoms with Crippen molar-refractivity contribution in [1.82, 2.24) is 16.0 Å². The molecule has 8 nitrogen and oxygen atoms in total. The highest BCUT2D eigenvalue weighted by molar-refractivity contribution is 6.34. The Balaban J connectivity index is 0. The lowest BCUT2D eigenvalue weighted by atomic mass is 10.2. The Morgan fingerprint density at radius 3 is 1.82 bits per heavy atom. The zero-order valence-corrected chi connectivity index (χ0v) is 20.4. The maximum absolute atomic E-state index is 11.1. The third-order valence-electron chi connectivity index (χ3n) is 3.21. The average molecular weight is 430 g/mol. The van der Waals surface area contributed by atoms with Gasteiger partial charge in [-0.1, -0.05) is 26.3 Å². The zero-order chi connectivity index (χ0) is 21.9. The Bertz CT molecular complexity index is 505. The predicted octanol–water partition coefficient (Wildman–Crippen LogP) is 0.418. The van der Waals surface area contributed by atoms with Crippen molar-refractivity contribution in [3.05, 3.63) is 24.3 Å². The normalized spacial score (nSPS) is 10.1. The van der Waals surface area contributed by atoms with Crippen LogP contribution in [0.4, 0.5) is 9.59 Å². The van der Waals surface area contributed by atoms with Crippen LogP contribution >= 0.6 is 0 Å². The van der Waals surface area contributed by atoms with Gasteiger partial charge in [-0.2, -0.15) is 0 Å². The van der Waals surface area contributed by atoms with Crippen LogP contribution in [0.3, 0.4) is 0 Å². The van der Waals surface area contributed by atoms with E-state index in [0.717, 1.165) is 12.3 Å². The third-order valence-corrected chi connectivity index (χ3v) is 4.71. The van der Waals surface area contributed by atoms with Crippen LogP contribution in [-0.4, -0.2) is 68.2 Å². The van der Waals surface area contributed by atoms with E-state index in [9.17, 15) is 19.2 Å². The Labute approximate surface area is 172 Å². The smallest absolute Gasteiger partial charge is 0.406 e. The van der Waals surface area contributed by atoms with Gasteiger partial charge in [0.1, 0.15) is 6.61 Å². The van der Waals surface area contributed by atoms with Crippen LogP contribution in [0.25, 0.3) is 0 Å². The summed E-state index contributed by atoms with van der Waals surface area (Å²) in [6, 6.07) is -0.186. The van der Waals surface area contributed by atoms with Crippen LogP contribution in [0.1, 0.15) is 26.7 Å². The second kappa shape index (κ2) is 18.2. The number of hydrogen-bond donors (Lipinski definition) is 3. The molecular weight excluding hydrogens is 394 g/mol. The molecule has 0 aromatic heterocycles. The van der Waals surface area contributed by atoms with Crippen molar-refractivity contribution in [2.45, 2.75) is 39.8 Å². The predicted molar refractivity (Wildman–Crippen MR) is 118 cm³/mol. The molecule has 160 valence electrons. The molecule has 0 aliphatic carbocycles. The molecule has 0 spiro atoms. The van der Waals surface area contributed by atoms with Crippen molar-refractivity contribution in [3.63, 3.8) is 0 Å². The Kier molecular flexibility index (Phi) is 18.2. The van der Waals surface area contributed by atoms with Crippen LogP contribution in [-0.2, 0) is 14.3 Å². The third kappa shape index (κ3) is 18.6. The van der Waals surface area contributed by atoms with E-state index in [-0.39, 0.29) is 49.7 Å². The molecule has 10 heteroatoms. The summed E-state index contributed by atoms with van der Waals surface area (Å²) < 4.78 is 4.78. The van der Waals surface area contributed by atoms with Gasteiger partial charge in [0.2, 0.25) is 0 Å². The minimum atomic E-state index is -0.436. The molecule has 3 N–H and O–H groups in total. The molecule has 3 amide bonds. The highest BCUT2D eigenvalue weighted by Crippen LogP contribution is 1.95. The molecule has 0 aliphatic rings. The first-order valence-electron chi connectivity index (χ1n) is 9.45. The van der Waals surface area contributed by atoms with E-state index in [1.54, 1.807) is 13.8 Å². The second-order valence-electron chi connectivity index (χ2n) is 6.15. The first-order valence-corrected chi connectivity index (χ1v) is 14.3. The SMILES string of the molecule is C=C(C)C(=O)CCNC(=O)NC[SiH2]C.C=C(C)C(=O)CCOC(=O)NC[SiH2]C. The molecule has 0 bridgehead atoms. The van der Waals surface area contributed by atoms with E-state index in [4.69, 9.17) is 4.74 Å². The maximum Gasteiger partial charge on any atom is 0.406 e. The minimum Gasteiger partial charge on any atom is -0.449 e. The minimum absolute atomic E-state index is 0.00448. The van der Waals surface area contributed by atoms with E-state index in [0.29, 0.717) is 24.1 Å². The average Bonchev–Trinajstić information content (AvgIpc) is 2.64. The monoisotopic (exact) mass is 429 g/mol. The summed E-state index contributed by atoms with van der Waals surface area (Å²) in [7, 11) is -0.307. The fourth-order valence-corrected chi connectivity index (χ4v) is 2.46. The van der Waals surface area contributed by atoms with Crippen molar-refractivity contribution in [3.8, 4) is 0 Å². The molecular formula is C18H35N3O5Si2. The fraction of sp³-hybridized carbons (Fsp3) is 0.556. The number of hydrogen-bond acceptors (Lipinski definition) is 5. The molecule has 0 atom stereocenters. The van der Waals surface area contributed by atoms with E-state index < -0.39 is 6.09 Å². The fourth-order valence-electron chi connectivity index (χ4n) is 1.53. The molecule has 0 rings (SSSR count). The second-order valence-corrected chi connectivity index (χ2v) is 9.15. The van der Waals surface area contributed by atoms with Gasteiger partial charge in [0.15, 0.2) is 11.6 Å². The summed E-state index contributed by atoms with van der Waals surface area (Å²) >= 11 is 0. The Morgan fingerprint density at radius 1 is 0.821 bits per heavy atom. The molecule has 0 aromatic carbocycles. The molecule has 0 heterocycles. The zero-order valence-electron chi connectivity index (χ0n) is 17.6. The van der Waals surface area contributed by atoms with Gasteiger partial charge in [-0.15, -0.1) is 0 Å². The number of ether oxygens (including phenoxy) is 1. The Morgan fingerprint density at radius 2 is 1.32 bits per heavy atom. The molecule has 0 saturated carbocycles. The number of carbonyl (C=O) groups excluding carboxylic acids is 4. The van der Waals surface area contributed by atoms with Gasteiger partial charge < -0.3 is 20.7 Å². The molecule has 0 aliphatic heterocycles. The van der Waals surface area contributed by atoms with E-state index in [1.807, 2.05) is 0 Å². The quantitative estimate of drug-likeness (QED) is 0.307. The lowest BCUT2D eigenvalue weighted by Crippen LogP contribution is -2.38. The number of ketones is 2. The first-order chi connectivity index (χ1) is 13.1. The van der Waals surface area contributed by atoms with Crippen molar-refractivity contribution in [1.29, 1.82) is 0 Å². The van der Waals surface area contributed by atoms with Gasteiger partial charge in [-0.05, 0) is 25.0 Å². The standard InChI is InChI=1S/C9H18N2O2Si.C9H17NO3Si/c1-7(2)8(12)4-5-10-9(13)11-6-14-3;1-7(2)8(11)4-5-13-9(12)10-6-14-3/h1,4-6,14H2,2-3H3,(H2,10,11,13);1,4-6,14H2,2-3H3,(H,10,12). The molecule has 0 radical (unpaired) electrons. The van der Waals surface area contributed by atoms with Crippen LogP contribution in [0.15, 0.2) is 24.3 Å². The molecule has 0 fully saturated rings. The Hall–Kier alpha value is -2.21. The number of Topliss-reactive ketones (excluding diaryl/α,β-unsaturated/α-hetero) is 2. The van der Waals surface area contributed by atoms with Gasteiger partial charge in [0.05, 0.1) is 0 Å². The largest absolute Gasteiger partial charge is 0.449 e. The lowest BCUT2D eigenvalue weighted by Gasteiger charge is -2.05. The topological polar surface area (TPSA) is 114 Å². The van der Waals surface area contributed by atoms with E-state index in [2.05, 4.69) is 42.2 Å². The van der Waals surface area contributed by atoms with Crippen molar-refractivity contribution in [2.75, 3.05) is 25.5 Å². The van der Waals surface area contributed by atoms with E-state index in [1.165, 1.54) is 0 Å². The molecule has 0 unspecified atom stereocenters. The van der Waals surface area contributed by atoms with Crippen molar-refractivity contribution < 1.29 is 23.9 Å². The summed E-state index contributed by atoms with van der Waals surface area (Å²) in [6.07, 6.45) is 1.63. The molecule has 0 saturated heterocycles. The maximum atomic E-state index is 11.1. The molecule has 0 aromatic rings. The number of allylic oxidation sites excluding steroid dienone is 2. The van der Waals surface area contributed by atoms with Crippen molar-refractivity contribution in [2.24, 2.45) is 0 Å². The van der Waals surface area contributed by atoms with Crippen LogP contribution < -0.4 is 16.0 Å². The summed E-state index contributed by atoms with van der Waals surface area (Å²) in [4.78, 5) is 44.0. The van der Waals surface area contributed by atoms with Gasteiger partial charge in [-0.25, -0.2) is 9.59 Å². The summed E-state index contributed by atoms with van der Waals surface area (Å²) in [6.45, 7) is 15.1. The van der Waals surface area contributed by atoms with Crippen molar-refractivity contribution >= 4 is 42.7 Å². The number of amides is 3. The van der Waals surface area contributed by atoms with Crippen LogP contribution in [0.2, 0.25) is 13.1 Å². The number of rotatable bonds is 12. The number of carbonyl (C=O) groups is 4. The highest BCUT2D eigenvalue weighted by Gasteiger charge is 2.05. The van der Waals surface area contributed by atoms with Gasteiger partial charge in [-0.3, -0.25) is 9.59 Å². The summed E-state index contributed by atoms with van der Waals surface area (Å²) in [5.41, 5.74) is 1.03. The van der Waals surface area contributed by atoms with Gasteiger partial charge >= 0.3 is 12.1 Å². The van der Waals surface area contributed by atoms with Crippen LogP contribution in [0, 0.1) is 0 Å². The van der Waals surface area contributed by atoms with Gasteiger partial charge in [0.25, 0.3) is 0 Å². The van der Waals surface area contributed by atoms with Crippen LogP contribution in [0.5, 0.6) is 0 Å². The summed E-state index contributed by atoms with van der Waals surface area (Å²) in [5.74, 6) is -0.0715. The van der Waals surface area contributed by atoms with Gasteiger partial charge in [0, 0.05) is 50.8 Å². The highest BCUT2D eigenvalue weighted by atomic mass is 28.2. The van der Waals surface area contributed by atoms with E-state index >= 15 is 0 Å². The number of alkyl carbamates (subject to hydrolysis) is 1.